The molecule has 2 aliphatic carbocycles. The topological polar surface area (TPSA) is 260 Å². The van der Waals surface area contributed by atoms with Crippen molar-refractivity contribution in [3.8, 4) is 11.1 Å². The van der Waals surface area contributed by atoms with Crippen LogP contribution in [-0.4, -0.2) is 88.8 Å². The molecule has 4 unspecified atom stereocenters. The van der Waals surface area contributed by atoms with E-state index in [1.807, 2.05) is 19.9 Å². The van der Waals surface area contributed by atoms with Gasteiger partial charge in [-0.2, -0.15) is 0 Å². The van der Waals surface area contributed by atoms with E-state index < -0.39 is 67.8 Å². The Balaban J connectivity index is 0.00000134. The summed E-state index contributed by atoms with van der Waals surface area (Å²) in [5.74, 6) is -4.44. The van der Waals surface area contributed by atoms with Gasteiger partial charge in [-0.1, -0.05) is 102 Å². The second kappa shape index (κ2) is 27.3. The SMILES string of the molecule is C=C(OCC(=O)O)ONc1[n-]c(C=C2N=C(NC(=O)COCC(=O)O)C(C(=O)OC3C(C)CC(C)CC3C)=C2c2ccccc2)c(-c2ccccc2)c1C(=O)OC1C(C)CC(C)CC1C.CC(=O)C=C(C)O.[Zn]. The van der Waals surface area contributed by atoms with E-state index in [1.54, 1.807) is 60.7 Å². The number of carboxylic acid groups (broad SMARTS) is 2. The van der Waals surface area contributed by atoms with Crippen LogP contribution >= 0.6 is 0 Å². The number of aromatic nitrogens is 1. The number of aliphatic hydroxyl groups is 1. The van der Waals surface area contributed by atoms with Gasteiger partial charge in [0.1, 0.15) is 36.8 Å². The van der Waals surface area contributed by atoms with Crippen molar-refractivity contribution in [3.63, 3.8) is 0 Å². The third kappa shape index (κ3) is 16.6. The van der Waals surface area contributed by atoms with Gasteiger partial charge in [-0.05, 0) is 116 Å². The van der Waals surface area contributed by atoms with E-state index in [1.165, 1.54) is 19.9 Å². The molecule has 4 atom stereocenters. The molecule has 3 aliphatic rings. The second-order valence-electron chi connectivity index (χ2n) is 19.0. The van der Waals surface area contributed by atoms with Crippen molar-refractivity contribution < 1.29 is 87.3 Å². The van der Waals surface area contributed by atoms with Crippen molar-refractivity contribution >= 4 is 58.9 Å². The first kappa shape index (κ1) is 58.7. The van der Waals surface area contributed by atoms with Gasteiger partial charge in [0, 0.05) is 31.1 Å². The first-order chi connectivity index (χ1) is 34.1. The first-order valence-corrected chi connectivity index (χ1v) is 23.9. The summed E-state index contributed by atoms with van der Waals surface area (Å²) in [7, 11) is 0. The molecule has 388 valence electrons. The van der Waals surface area contributed by atoms with Gasteiger partial charge in [0.15, 0.2) is 12.4 Å². The number of carboxylic acids is 2. The Morgan fingerprint density at radius 1 is 0.726 bits per heavy atom. The number of benzene rings is 2. The van der Waals surface area contributed by atoms with Gasteiger partial charge in [-0.15, -0.1) is 0 Å². The Labute approximate surface area is 438 Å². The minimum atomic E-state index is -1.27. The standard InChI is InChI=1S/C49H58N4O12.C5H8O2.Zn/c1-26-18-28(3)44(29(4)19-26)63-48(59)42-40(33-14-10-8-11-15-33)35(50-46(42)52-37(54)23-61-24-38(55)56)22-36-41(34-16-12-9-13-17-34)43(47(51-36)53-65-32(7)62-25-39(57)58)49(60)64-45-30(5)20-27(2)21-31(45)6;1-4(6)3-5(2)7;/h8-17,22,26-31,44-45H,7,18-21,23-25H2,1-6H3,(H5,50,51,52,53,54,55,56,57,58,59,60);3,6H,1-2H3;/p-1. The molecular weight excluding hydrogens is 994 g/mol. The maximum absolute atomic E-state index is 14.7. The zero-order chi connectivity index (χ0) is 52.8. The molecule has 3 aromatic rings. The number of carbonyl (C=O) groups is 6. The molecule has 2 fully saturated rings. The van der Waals surface area contributed by atoms with Crippen LogP contribution < -0.4 is 15.8 Å². The fourth-order valence-electron chi connectivity index (χ4n) is 9.84. The Kier molecular flexibility index (Phi) is 21.9. The molecule has 1 amide bonds. The van der Waals surface area contributed by atoms with E-state index in [-0.39, 0.29) is 94.4 Å². The van der Waals surface area contributed by atoms with Gasteiger partial charge >= 0.3 is 23.9 Å². The molecule has 0 spiro atoms. The van der Waals surface area contributed by atoms with E-state index in [0.717, 1.165) is 25.7 Å². The van der Waals surface area contributed by atoms with Crippen LogP contribution in [-0.2, 0) is 67.2 Å². The van der Waals surface area contributed by atoms with Gasteiger partial charge in [0.2, 0.25) is 0 Å². The van der Waals surface area contributed by atoms with E-state index in [4.69, 9.17) is 49.1 Å². The molecule has 2 aromatic carbocycles. The molecule has 1 aliphatic heterocycles. The summed E-state index contributed by atoms with van der Waals surface area (Å²) in [6.45, 7) is 16.9. The quantitative estimate of drug-likeness (QED) is 0.0263. The van der Waals surface area contributed by atoms with E-state index in [9.17, 15) is 28.8 Å². The molecule has 6 rings (SSSR count). The third-order valence-electron chi connectivity index (χ3n) is 12.3. The number of esters is 2. The summed E-state index contributed by atoms with van der Waals surface area (Å²) in [6, 6.07) is 17.9. The summed E-state index contributed by atoms with van der Waals surface area (Å²) in [4.78, 5) is 90.4. The maximum atomic E-state index is 14.7. The number of allylic oxidation sites excluding steroid dienone is 3. The number of nitrogens with zero attached hydrogens (tertiary/aromatic N) is 2. The predicted octanol–water partition coefficient (Wildman–Crippen LogP) is 8.53. The van der Waals surface area contributed by atoms with Crippen LogP contribution in [0.25, 0.3) is 22.8 Å². The number of aliphatic hydroxyl groups excluding tert-OH is 1. The van der Waals surface area contributed by atoms with Crippen LogP contribution in [0.3, 0.4) is 0 Å². The summed E-state index contributed by atoms with van der Waals surface area (Å²) < 4.78 is 22.8. The summed E-state index contributed by atoms with van der Waals surface area (Å²) in [5.41, 5.74) is 4.57. The second-order valence-corrected chi connectivity index (χ2v) is 19.0. The van der Waals surface area contributed by atoms with Crippen molar-refractivity contribution in [3.05, 3.63) is 113 Å². The molecule has 18 nitrogen and oxygen atoms in total. The van der Waals surface area contributed by atoms with Crippen molar-refractivity contribution in [2.24, 2.45) is 40.5 Å². The van der Waals surface area contributed by atoms with Gasteiger partial charge in [-0.3, -0.25) is 9.59 Å². The van der Waals surface area contributed by atoms with Gasteiger partial charge < -0.3 is 54.9 Å². The molecule has 19 heteroatoms. The third-order valence-corrected chi connectivity index (χ3v) is 12.3. The number of hydrogen-bond donors (Lipinski definition) is 5. The Morgan fingerprint density at radius 2 is 1.23 bits per heavy atom. The number of hydrogen-bond acceptors (Lipinski definition) is 14. The number of ketones is 1. The molecule has 2 heterocycles. The zero-order valence-corrected chi connectivity index (χ0v) is 45.6. The molecular formula is C54H65N4O14Zn-. The monoisotopic (exact) mass is 1060 g/mol. The molecule has 73 heavy (non-hydrogen) atoms. The minimum Gasteiger partial charge on any atom is -0.512 e. The fourth-order valence-corrected chi connectivity index (χ4v) is 9.84. The van der Waals surface area contributed by atoms with Crippen molar-refractivity contribution in [2.75, 3.05) is 25.3 Å². The Hall–Kier alpha value is -6.85. The van der Waals surface area contributed by atoms with Gasteiger partial charge in [0.25, 0.3) is 11.9 Å². The molecule has 0 saturated heterocycles. The number of carbonyl (C=O) groups excluding carboxylic acids is 4. The van der Waals surface area contributed by atoms with Crippen molar-refractivity contribution in [1.29, 1.82) is 0 Å². The average molecular weight is 1060 g/mol. The predicted molar refractivity (Wildman–Crippen MR) is 268 cm³/mol. The number of ether oxygens (including phenoxy) is 4. The minimum absolute atomic E-state index is 0. The molecule has 2 saturated carbocycles. The normalized spacial score (nSPS) is 23.1. The summed E-state index contributed by atoms with van der Waals surface area (Å²) in [6.07, 6.45) is 5.29. The van der Waals surface area contributed by atoms with Gasteiger partial charge in [-0.25, -0.2) is 24.2 Å². The molecule has 0 bridgehead atoms. The fraction of sp³-hybridized carbons (Fsp3) is 0.426. The maximum Gasteiger partial charge on any atom is 0.342 e. The van der Waals surface area contributed by atoms with Crippen LogP contribution in [0.4, 0.5) is 5.82 Å². The van der Waals surface area contributed by atoms with Gasteiger partial charge in [0.05, 0.1) is 17.0 Å². The van der Waals surface area contributed by atoms with E-state index in [2.05, 4.69) is 45.1 Å². The van der Waals surface area contributed by atoms with Crippen molar-refractivity contribution in [2.45, 2.75) is 93.3 Å². The first-order valence-electron chi connectivity index (χ1n) is 23.9. The number of aliphatic carboxylic acids is 2. The average Bonchev–Trinajstić information content (AvgIpc) is 3.84. The van der Waals surface area contributed by atoms with Crippen LogP contribution in [0.15, 0.2) is 101 Å². The van der Waals surface area contributed by atoms with Crippen LogP contribution in [0.2, 0.25) is 0 Å². The van der Waals surface area contributed by atoms with E-state index >= 15 is 0 Å². The molecule has 5 N–H and O–H groups in total. The number of nitrogens with one attached hydrogen (secondary N) is 2. The number of amidine groups is 1. The van der Waals surface area contributed by atoms with Crippen LogP contribution in [0, 0.1) is 35.5 Å². The number of amides is 1. The zero-order valence-electron chi connectivity index (χ0n) is 42.6. The summed E-state index contributed by atoms with van der Waals surface area (Å²) >= 11 is 0. The number of anilines is 1. The van der Waals surface area contributed by atoms with Crippen molar-refractivity contribution in [1.82, 2.24) is 10.3 Å². The van der Waals surface area contributed by atoms with Crippen LogP contribution in [0.5, 0.6) is 0 Å². The smallest absolute Gasteiger partial charge is 0.342 e. The summed E-state index contributed by atoms with van der Waals surface area (Å²) in [5, 5.41) is 29.3. The van der Waals surface area contributed by atoms with E-state index in [0.29, 0.717) is 28.5 Å². The Bertz CT molecular complexity index is 2580. The largest absolute Gasteiger partial charge is 0.512 e. The Morgan fingerprint density at radius 3 is 1.71 bits per heavy atom. The van der Waals surface area contributed by atoms with Crippen LogP contribution in [0.1, 0.15) is 103 Å². The molecule has 0 radical (unpaired) electrons. The number of rotatable bonds is 18. The number of aliphatic imine (C=N–C) groups is 1. The molecule has 1 aromatic heterocycles.